The number of halogens is 2. The van der Waals surface area contributed by atoms with Gasteiger partial charge in [-0.3, -0.25) is 10.5 Å². The number of benzene rings is 2. The molecule has 4 aromatic rings. The molecule has 0 unspecified atom stereocenters. The molecule has 0 radical (unpaired) electrons. The summed E-state index contributed by atoms with van der Waals surface area (Å²) < 4.78 is 45.2. The van der Waals surface area contributed by atoms with Crippen LogP contribution in [0.5, 0.6) is 11.8 Å². The number of nitrogens with one attached hydrogen (secondary N) is 4. The average molecular weight is 478 g/mol. The summed E-state index contributed by atoms with van der Waals surface area (Å²) in [7, 11) is -3.85. The van der Waals surface area contributed by atoms with Crippen LogP contribution in [0.2, 0.25) is 5.02 Å². The molecule has 0 bridgehead atoms. The summed E-state index contributed by atoms with van der Waals surface area (Å²) in [6.07, 6.45) is 0. The Morgan fingerprint density at radius 3 is 2.59 bits per heavy atom. The number of aromatic amines is 1. The molecule has 0 atom stereocenters. The zero-order valence-electron chi connectivity index (χ0n) is 16.6. The highest BCUT2D eigenvalue weighted by Gasteiger charge is 2.20. The third-order valence-electron chi connectivity index (χ3n) is 4.19. The van der Waals surface area contributed by atoms with Crippen LogP contribution in [0.3, 0.4) is 0 Å². The summed E-state index contributed by atoms with van der Waals surface area (Å²) in [4.78, 5) is 10.8. The number of nitrogens with zero attached hydrogens (tertiary/aromatic N) is 3. The standard InChI is InChI=1S/C19H17ClFN7O3S/c1-2-22-32(29,30)28-27-18-15-16(13-5-3-4-6-14(13)20)25-26-17(15)23-19(24-18)31-12-9-7-11(21)8-10-12/h3-10,22,28H,2H2,1H3,(H2,23,24,25,26,27). The van der Waals surface area contributed by atoms with Crippen molar-refractivity contribution in [2.75, 3.05) is 12.0 Å². The average Bonchev–Trinajstić information content (AvgIpc) is 3.18. The van der Waals surface area contributed by atoms with Crippen molar-refractivity contribution in [3.8, 4) is 23.0 Å². The van der Waals surface area contributed by atoms with Crippen LogP contribution in [0, 0.1) is 5.82 Å². The number of anilines is 1. The lowest BCUT2D eigenvalue weighted by molar-refractivity contribution is 0.443. The zero-order chi connectivity index (χ0) is 22.7. The smallest absolute Gasteiger partial charge is 0.326 e. The summed E-state index contributed by atoms with van der Waals surface area (Å²) >= 11 is 6.32. The molecule has 0 aliphatic carbocycles. The van der Waals surface area contributed by atoms with Crippen molar-refractivity contribution in [2.45, 2.75) is 6.92 Å². The molecule has 2 heterocycles. The largest absolute Gasteiger partial charge is 0.424 e. The van der Waals surface area contributed by atoms with Crippen LogP contribution in [0.1, 0.15) is 6.92 Å². The van der Waals surface area contributed by atoms with Crippen molar-refractivity contribution in [3.63, 3.8) is 0 Å². The lowest BCUT2D eigenvalue weighted by Crippen LogP contribution is -2.40. The molecule has 13 heteroatoms. The van der Waals surface area contributed by atoms with E-state index in [0.29, 0.717) is 21.7 Å². The Morgan fingerprint density at radius 2 is 1.88 bits per heavy atom. The van der Waals surface area contributed by atoms with Crippen molar-refractivity contribution >= 4 is 38.7 Å². The number of hydrogen-bond donors (Lipinski definition) is 4. The molecule has 2 aromatic carbocycles. The maximum Gasteiger partial charge on any atom is 0.326 e. The van der Waals surface area contributed by atoms with E-state index in [2.05, 4.69) is 35.1 Å². The predicted molar refractivity (Wildman–Crippen MR) is 118 cm³/mol. The Bertz CT molecular complexity index is 1360. The van der Waals surface area contributed by atoms with E-state index in [4.69, 9.17) is 16.3 Å². The van der Waals surface area contributed by atoms with Crippen LogP contribution in [0.25, 0.3) is 22.3 Å². The van der Waals surface area contributed by atoms with Crippen LogP contribution in [-0.4, -0.2) is 35.1 Å². The van der Waals surface area contributed by atoms with E-state index in [1.807, 2.05) is 0 Å². The van der Waals surface area contributed by atoms with E-state index in [1.54, 1.807) is 31.2 Å². The van der Waals surface area contributed by atoms with Crippen molar-refractivity contribution in [2.24, 2.45) is 0 Å². The van der Waals surface area contributed by atoms with Crippen LogP contribution in [0.4, 0.5) is 10.2 Å². The number of hydrazine groups is 1. The molecule has 0 spiro atoms. The molecule has 10 nitrogen and oxygen atoms in total. The summed E-state index contributed by atoms with van der Waals surface area (Å²) in [6.45, 7) is 1.83. The van der Waals surface area contributed by atoms with Gasteiger partial charge in [-0.25, -0.2) is 9.11 Å². The van der Waals surface area contributed by atoms with Gasteiger partial charge in [0.1, 0.15) is 17.3 Å². The first kappa shape index (κ1) is 21.9. The third kappa shape index (κ3) is 4.78. The molecule has 4 N–H and O–H groups in total. The van der Waals surface area contributed by atoms with Crippen LogP contribution >= 0.6 is 11.6 Å². The van der Waals surface area contributed by atoms with Crippen LogP contribution < -0.4 is 19.7 Å². The van der Waals surface area contributed by atoms with Crippen LogP contribution in [0.15, 0.2) is 48.5 Å². The van der Waals surface area contributed by atoms with E-state index < -0.39 is 16.0 Å². The Balaban J connectivity index is 1.79. The SMILES string of the molecule is CCNS(=O)(=O)NNc1nc(Oc2ccc(F)cc2)nc2[nH]nc(-c3ccccc3Cl)c12. The minimum absolute atomic E-state index is 0.0669. The van der Waals surface area contributed by atoms with Gasteiger partial charge in [-0.1, -0.05) is 36.7 Å². The van der Waals surface area contributed by atoms with Gasteiger partial charge in [0.2, 0.25) is 0 Å². The molecule has 4 rings (SSSR count). The number of hydrogen-bond acceptors (Lipinski definition) is 7. The molecule has 0 aliphatic rings. The Kier molecular flexibility index (Phi) is 6.19. The molecular formula is C19H17ClFN7O3S. The van der Waals surface area contributed by atoms with E-state index in [-0.39, 0.29) is 29.8 Å². The maximum absolute atomic E-state index is 13.2. The van der Waals surface area contributed by atoms with E-state index >= 15 is 0 Å². The van der Waals surface area contributed by atoms with Crippen molar-refractivity contribution in [3.05, 3.63) is 59.4 Å². The van der Waals surface area contributed by atoms with Gasteiger partial charge in [0.15, 0.2) is 11.5 Å². The number of fused-ring (bicyclic) bond motifs is 1. The summed E-state index contributed by atoms with van der Waals surface area (Å²) in [6, 6.07) is 12.2. The quantitative estimate of drug-likeness (QED) is 0.286. The highest BCUT2D eigenvalue weighted by Crippen LogP contribution is 2.35. The zero-order valence-corrected chi connectivity index (χ0v) is 18.1. The highest BCUT2D eigenvalue weighted by atomic mass is 35.5. The fraction of sp³-hybridized carbons (Fsp3) is 0.105. The summed E-state index contributed by atoms with van der Waals surface area (Å²) in [5.74, 6) is -0.0695. The molecule has 32 heavy (non-hydrogen) atoms. The molecule has 0 fully saturated rings. The Morgan fingerprint density at radius 1 is 1.12 bits per heavy atom. The minimum Gasteiger partial charge on any atom is -0.424 e. The van der Waals surface area contributed by atoms with Gasteiger partial charge in [0.05, 0.1) is 10.4 Å². The van der Waals surface area contributed by atoms with Crippen molar-refractivity contribution in [1.29, 1.82) is 0 Å². The molecule has 166 valence electrons. The maximum atomic E-state index is 13.2. The lowest BCUT2D eigenvalue weighted by Gasteiger charge is -2.12. The predicted octanol–water partition coefficient (Wildman–Crippen LogP) is 3.38. The van der Waals surface area contributed by atoms with E-state index in [1.165, 1.54) is 24.3 Å². The van der Waals surface area contributed by atoms with Crippen molar-refractivity contribution < 1.29 is 17.5 Å². The Hall–Kier alpha value is -3.32. The lowest BCUT2D eigenvalue weighted by atomic mass is 10.1. The molecule has 0 aliphatic heterocycles. The normalized spacial score (nSPS) is 11.6. The van der Waals surface area contributed by atoms with Gasteiger partial charge < -0.3 is 4.74 Å². The number of ether oxygens (including phenoxy) is 1. The molecule has 0 saturated carbocycles. The van der Waals surface area contributed by atoms with E-state index in [0.717, 1.165) is 0 Å². The number of H-pyrrole nitrogens is 1. The number of aromatic nitrogens is 4. The fourth-order valence-electron chi connectivity index (χ4n) is 2.84. The summed E-state index contributed by atoms with van der Waals surface area (Å²) in [5, 5.41) is 7.87. The molecule has 0 amide bonds. The van der Waals surface area contributed by atoms with Gasteiger partial charge in [0, 0.05) is 12.1 Å². The second-order valence-electron chi connectivity index (χ2n) is 6.41. The number of rotatable bonds is 8. The van der Waals surface area contributed by atoms with Gasteiger partial charge in [-0.2, -0.15) is 23.5 Å². The minimum atomic E-state index is -3.85. The fourth-order valence-corrected chi connectivity index (χ4v) is 3.75. The second-order valence-corrected chi connectivity index (χ2v) is 8.32. The molecule has 2 aromatic heterocycles. The van der Waals surface area contributed by atoms with Gasteiger partial charge in [0.25, 0.3) is 10.2 Å². The van der Waals surface area contributed by atoms with Crippen LogP contribution in [-0.2, 0) is 10.2 Å². The molecule has 0 saturated heterocycles. The summed E-state index contributed by atoms with van der Waals surface area (Å²) in [5.41, 5.74) is 3.83. The van der Waals surface area contributed by atoms with Crippen molar-refractivity contribution in [1.82, 2.24) is 29.7 Å². The van der Waals surface area contributed by atoms with Gasteiger partial charge in [-0.05, 0) is 30.3 Å². The monoisotopic (exact) mass is 477 g/mol. The molecular weight excluding hydrogens is 461 g/mol. The Labute approximate surface area is 187 Å². The first-order valence-corrected chi connectivity index (χ1v) is 11.2. The third-order valence-corrected chi connectivity index (χ3v) is 5.56. The topological polar surface area (TPSA) is 134 Å². The highest BCUT2D eigenvalue weighted by molar-refractivity contribution is 7.87. The van der Waals surface area contributed by atoms with Gasteiger partial charge >= 0.3 is 6.01 Å². The first-order chi connectivity index (χ1) is 15.4. The second kappa shape index (κ2) is 9.04. The van der Waals surface area contributed by atoms with E-state index in [9.17, 15) is 12.8 Å². The van der Waals surface area contributed by atoms with Gasteiger partial charge in [-0.15, -0.1) is 4.83 Å². The first-order valence-electron chi connectivity index (χ1n) is 9.33.